The Hall–Kier alpha value is -1.03. The molecule has 0 radical (unpaired) electrons. The van der Waals surface area contributed by atoms with Crippen molar-refractivity contribution in [2.24, 2.45) is 13.0 Å². The first-order valence-electron chi connectivity index (χ1n) is 6.12. The van der Waals surface area contributed by atoms with E-state index in [0.29, 0.717) is 6.04 Å². The van der Waals surface area contributed by atoms with Gasteiger partial charge in [-0.05, 0) is 18.9 Å². The van der Waals surface area contributed by atoms with Gasteiger partial charge in [-0.1, -0.05) is 13.8 Å². The number of aryl methyl sites for hydroxylation is 1. The molecule has 0 spiro atoms. The molecule has 16 heavy (non-hydrogen) atoms. The van der Waals surface area contributed by atoms with Crippen LogP contribution in [-0.2, 0) is 7.05 Å². The molecule has 0 saturated carbocycles. The van der Waals surface area contributed by atoms with Gasteiger partial charge in [-0.3, -0.25) is 4.68 Å². The summed E-state index contributed by atoms with van der Waals surface area (Å²) in [5.74, 6) is 0.780. The lowest BCUT2D eigenvalue weighted by Crippen LogP contribution is -2.30. The van der Waals surface area contributed by atoms with Gasteiger partial charge in [0.15, 0.2) is 0 Å². The third-order valence-electron chi connectivity index (χ3n) is 3.16. The number of anilines is 1. The van der Waals surface area contributed by atoms with E-state index < -0.39 is 0 Å². The van der Waals surface area contributed by atoms with Crippen LogP contribution in [0.4, 0.5) is 5.69 Å². The maximum Gasteiger partial charge on any atom is 0.0752 e. The highest BCUT2D eigenvalue weighted by Gasteiger charge is 2.23. The van der Waals surface area contributed by atoms with E-state index >= 15 is 0 Å². The lowest BCUT2D eigenvalue weighted by Gasteiger charge is -2.17. The second-order valence-corrected chi connectivity index (χ2v) is 5.04. The number of hydrogen-bond acceptors (Lipinski definition) is 3. The van der Waals surface area contributed by atoms with Crippen LogP contribution < -0.4 is 10.2 Å². The Labute approximate surface area is 97.6 Å². The van der Waals surface area contributed by atoms with E-state index in [1.165, 1.54) is 12.1 Å². The van der Waals surface area contributed by atoms with E-state index in [4.69, 9.17) is 0 Å². The molecular formula is C12H22N4. The largest absolute Gasteiger partial charge is 0.369 e. The summed E-state index contributed by atoms with van der Waals surface area (Å²) in [5.41, 5.74) is 1.26. The predicted molar refractivity (Wildman–Crippen MR) is 66.7 cm³/mol. The van der Waals surface area contributed by atoms with Crippen molar-refractivity contribution >= 4 is 5.69 Å². The smallest absolute Gasteiger partial charge is 0.0752 e. The van der Waals surface area contributed by atoms with Gasteiger partial charge in [0.1, 0.15) is 0 Å². The molecule has 2 heterocycles. The zero-order valence-corrected chi connectivity index (χ0v) is 10.5. The number of nitrogens with zero attached hydrogens (tertiary/aromatic N) is 3. The van der Waals surface area contributed by atoms with Gasteiger partial charge in [0.05, 0.1) is 11.9 Å². The molecule has 0 aromatic carbocycles. The molecule has 1 aliphatic rings. The summed E-state index contributed by atoms with van der Waals surface area (Å²) in [7, 11) is 1.97. The molecule has 1 N–H and O–H groups in total. The average molecular weight is 222 g/mol. The van der Waals surface area contributed by atoms with Gasteiger partial charge in [0.2, 0.25) is 0 Å². The summed E-state index contributed by atoms with van der Waals surface area (Å²) >= 11 is 0. The number of nitrogens with one attached hydrogen (secondary N) is 1. The molecular weight excluding hydrogens is 200 g/mol. The van der Waals surface area contributed by atoms with E-state index in [1.807, 2.05) is 17.9 Å². The molecule has 0 bridgehead atoms. The fourth-order valence-corrected chi connectivity index (χ4v) is 2.21. The summed E-state index contributed by atoms with van der Waals surface area (Å²) in [5, 5.41) is 7.74. The first-order chi connectivity index (χ1) is 7.65. The summed E-state index contributed by atoms with van der Waals surface area (Å²) in [6, 6.07) is 0.590. The topological polar surface area (TPSA) is 33.1 Å². The Morgan fingerprint density at radius 2 is 2.38 bits per heavy atom. The number of hydrogen-bond donors (Lipinski definition) is 1. The highest BCUT2D eigenvalue weighted by molar-refractivity contribution is 5.43. The molecule has 1 saturated heterocycles. The number of aromatic nitrogens is 2. The second-order valence-electron chi connectivity index (χ2n) is 5.04. The quantitative estimate of drug-likeness (QED) is 0.832. The third kappa shape index (κ3) is 2.76. The summed E-state index contributed by atoms with van der Waals surface area (Å²) in [6.07, 6.45) is 5.34. The van der Waals surface area contributed by atoms with E-state index in [1.54, 1.807) is 0 Å². The lowest BCUT2D eigenvalue weighted by atomic mass is 10.1. The highest BCUT2D eigenvalue weighted by Crippen LogP contribution is 2.22. The van der Waals surface area contributed by atoms with Crippen LogP contribution in [0, 0.1) is 5.92 Å². The normalized spacial score (nSPS) is 21.0. The minimum Gasteiger partial charge on any atom is -0.369 e. The highest BCUT2D eigenvalue weighted by atomic mass is 15.3. The molecule has 90 valence electrons. The Kier molecular flexibility index (Phi) is 3.49. The van der Waals surface area contributed by atoms with Gasteiger partial charge < -0.3 is 10.2 Å². The van der Waals surface area contributed by atoms with Gasteiger partial charge in [-0.2, -0.15) is 5.10 Å². The molecule has 4 heteroatoms. The molecule has 0 aliphatic carbocycles. The monoisotopic (exact) mass is 222 g/mol. The van der Waals surface area contributed by atoms with Crippen LogP contribution in [0.3, 0.4) is 0 Å². The van der Waals surface area contributed by atoms with Crippen molar-refractivity contribution in [3.05, 3.63) is 12.4 Å². The molecule has 2 rings (SSSR count). The van der Waals surface area contributed by atoms with Crippen LogP contribution in [0.15, 0.2) is 12.4 Å². The summed E-state index contributed by atoms with van der Waals surface area (Å²) in [4.78, 5) is 2.43. The van der Waals surface area contributed by atoms with Crippen LogP contribution in [-0.4, -0.2) is 35.5 Å². The Bertz CT molecular complexity index is 332. The molecule has 1 aromatic rings. The Balaban J connectivity index is 1.83. The molecule has 1 atom stereocenters. The summed E-state index contributed by atoms with van der Waals surface area (Å²) in [6.45, 7) is 7.86. The van der Waals surface area contributed by atoms with Crippen molar-refractivity contribution in [3.63, 3.8) is 0 Å². The van der Waals surface area contributed by atoms with Gasteiger partial charge in [0.25, 0.3) is 0 Å². The van der Waals surface area contributed by atoms with Crippen LogP contribution in [0.5, 0.6) is 0 Å². The summed E-state index contributed by atoms with van der Waals surface area (Å²) < 4.78 is 1.87. The first-order valence-corrected chi connectivity index (χ1v) is 6.12. The first kappa shape index (κ1) is 11.5. The molecule has 1 unspecified atom stereocenters. The number of rotatable bonds is 4. The lowest BCUT2D eigenvalue weighted by molar-refractivity contribution is 0.480. The van der Waals surface area contributed by atoms with Crippen molar-refractivity contribution < 1.29 is 0 Å². The van der Waals surface area contributed by atoms with Crippen molar-refractivity contribution in [2.45, 2.75) is 26.3 Å². The fraction of sp³-hybridized carbons (Fsp3) is 0.750. The fourth-order valence-electron chi connectivity index (χ4n) is 2.21. The molecule has 1 fully saturated rings. The van der Waals surface area contributed by atoms with E-state index in [2.05, 4.69) is 35.4 Å². The molecule has 1 aliphatic heterocycles. The molecule has 4 nitrogen and oxygen atoms in total. The van der Waals surface area contributed by atoms with Gasteiger partial charge in [-0.25, -0.2) is 0 Å². The van der Waals surface area contributed by atoms with Crippen LogP contribution in [0.25, 0.3) is 0 Å². The van der Waals surface area contributed by atoms with Crippen molar-refractivity contribution in [1.82, 2.24) is 15.1 Å². The van der Waals surface area contributed by atoms with Gasteiger partial charge >= 0.3 is 0 Å². The van der Waals surface area contributed by atoms with Gasteiger partial charge in [-0.15, -0.1) is 0 Å². The Morgan fingerprint density at radius 3 is 3.00 bits per heavy atom. The van der Waals surface area contributed by atoms with Crippen LogP contribution in [0.2, 0.25) is 0 Å². The van der Waals surface area contributed by atoms with Crippen molar-refractivity contribution in [2.75, 3.05) is 24.5 Å². The zero-order valence-electron chi connectivity index (χ0n) is 10.5. The molecule has 0 amide bonds. The van der Waals surface area contributed by atoms with Crippen molar-refractivity contribution in [3.8, 4) is 0 Å². The maximum absolute atomic E-state index is 4.22. The SMILES string of the molecule is CC(C)NCC1CCN(c2cnn(C)c2)C1. The standard InChI is InChI=1S/C12H22N4/c1-10(2)13-6-11-4-5-16(8-11)12-7-14-15(3)9-12/h7,9-11,13H,4-6,8H2,1-3H3. The van der Waals surface area contributed by atoms with Crippen LogP contribution in [0.1, 0.15) is 20.3 Å². The minimum atomic E-state index is 0.590. The maximum atomic E-state index is 4.22. The Morgan fingerprint density at radius 1 is 1.56 bits per heavy atom. The van der Waals surface area contributed by atoms with Crippen molar-refractivity contribution in [1.29, 1.82) is 0 Å². The second kappa shape index (κ2) is 4.87. The predicted octanol–water partition coefficient (Wildman–Crippen LogP) is 1.24. The average Bonchev–Trinajstić information content (AvgIpc) is 2.83. The van der Waals surface area contributed by atoms with E-state index in [-0.39, 0.29) is 0 Å². The van der Waals surface area contributed by atoms with E-state index in [9.17, 15) is 0 Å². The van der Waals surface area contributed by atoms with E-state index in [0.717, 1.165) is 25.6 Å². The van der Waals surface area contributed by atoms with Gasteiger partial charge in [0, 0.05) is 32.4 Å². The zero-order chi connectivity index (χ0) is 11.5. The van der Waals surface area contributed by atoms with Crippen LogP contribution >= 0.6 is 0 Å². The molecule has 1 aromatic heterocycles. The third-order valence-corrected chi connectivity index (χ3v) is 3.16. The minimum absolute atomic E-state index is 0.590.